The van der Waals surface area contributed by atoms with Crippen molar-refractivity contribution in [3.05, 3.63) is 35.3 Å². The molecular formula is C13H11F4NO3. The molecule has 114 valence electrons. The first-order valence-electron chi connectivity index (χ1n) is 5.92. The second kappa shape index (κ2) is 5.36. The third-order valence-electron chi connectivity index (χ3n) is 2.96. The van der Waals surface area contributed by atoms with Crippen LogP contribution in [0, 0.1) is 12.7 Å². The summed E-state index contributed by atoms with van der Waals surface area (Å²) in [6.45, 7) is 0.474. The number of nitrogens with one attached hydrogen (secondary N) is 1. The van der Waals surface area contributed by atoms with E-state index in [2.05, 4.69) is 0 Å². The molecule has 1 aromatic heterocycles. The molecule has 21 heavy (non-hydrogen) atoms. The van der Waals surface area contributed by atoms with E-state index < -0.39 is 30.5 Å². The minimum atomic E-state index is -4.83. The monoisotopic (exact) mass is 305 g/mol. The highest BCUT2D eigenvalue weighted by atomic mass is 19.4. The summed E-state index contributed by atoms with van der Waals surface area (Å²) in [6, 6.07) is 4.09. The van der Waals surface area contributed by atoms with E-state index in [9.17, 15) is 22.4 Å². The van der Waals surface area contributed by atoms with E-state index in [1.807, 2.05) is 5.32 Å². The van der Waals surface area contributed by atoms with Crippen LogP contribution in [0.25, 0.3) is 11.0 Å². The maximum absolute atomic E-state index is 13.5. The number of carbonyl (C=O) groups is 1. The highest BCUT2D eigenvalue weighted by molar-refractivity contribution is 5.99. The lowest BCUT2D eigenvalue weighted by Crippen LogP contribution is -2.40. The number of fused-ring (bicyclic) bond motifs is 1. The number of aliphatic hydroxyl groups is 1. The Morgan fingerprint density at radius 3 is 2.67 bits per heavy atom. The number of aliphatic hydroxyl groups excluding tert-OH is 1. The average molecular weight is 305 g/mol. The molecule has 1 unspecified atom stereocenters. The van der Waals surface area contributed by atoms with Gasteiger partial charge in [0.25, 0.3) is 5.91 Å². The van der Waals surface area contributed by atoms with Gasteiger partial charge in [-0.25, -0.2) is 4.39 Å². The van der Waals surface area contributed by atoms with Gasteiger partial charge in [0.05, 0.1) is 6.54 Å². The van der Waals surface area contributed by atoms with Gasteiger partial charge in [0.1, 0.15) is 0 Å². The largest absolute Gasteiger partial charge is 0.448 e. The molecule has 1 heterocycles. The molecule has 0 aliphatic carbocycles. The molecule has 0 fully saturated rings. The van der Waals surface area contributed by atoms with Crippen LogP contribution in [0.3, 0.4) is 0 Å². The quantitative estimate of drug-likeness (QED) is 0.857. The fraction of sp³-hybridized carbons (Fsp3) is 0.308. The number of alkyl halides is 3. The third kappa shape index (κ3) is 2.99. The fourth-order valence-corrected chi connectivity index (χ4v) is 1.81. The summed E-state index contributed by atoms with van der Waals surface area (Å²) in [5.41, 5.74) is 0.167. The SMILES string of the molecule is Cc1c(C(=O)NCC(O)C(F)(F)F)oc2c(F)cccc12. The summed E-state index contributed by atoms with van der Waals surface area (Å²) in [5, 5.41) is 11.1. The molecule has 0 aliphatic rings. The molecule has 0 aliphatic heterocycles. The summed E-state index contributed by atoms with van der Waals surface area (Å²) >= 11 is 0. The Kier molecular flexibility index (Phi) is 3.91. The zero-order valence-electron chi connectivity index (χ0n) is 10.8. The molecular weight excluding hydrogens is 294 g/mol. The van der Waals surface area contributed by atoms with Crippen LogP contribution >= 0.6 is 0 Å². The molecule has 2 N–H and O–H groups in total. The van der Waals surface area contributed by atoms with E-state index in [1.165, 1.54) is 19.1 Å². The van der Waals surface area contributed by atoms with Crippen molar-refractivity contribution in [2.24, 2.45) is 0 Å². The zero-order chi connectivity index (χ0) is 15.8. The molecule has 0 radical (unpaired) electrons. The molecule has 1 atom stereocenters. The summed E-state index contributed by atoms with van der Waals surface area (Å²) < 4.78 is 54.9. The Morgan fingerprint density at radius 1 is 1.43 bits per heavy atom. The van der Waals surface area contributed by atoms with Crippen LogP contribution in [-0.2, 0) is 0 Å². The zero-order valence-corrected chi connectivity index (χ0v) is 10.8. The van der Waals surface area contributed by atoms with Gasteiger partial charge in [0, 0.05) is 10.9 Å². The summed E-state index contributed by atoms with van der Waals surface area (Å²) in [5.74, 6) is -1.92. The maximum Gasteiger partial charge on any atom is 0.416 e. The average Bonchev–Trinajstić information content (AvgIpc) is 2.74. The minimum Gasteiger partial charge on any atom is -0.448 e. The highest BCUT2D eigenvalue weighted by Crippen LogP contribution is 2.27. The number of rotatable bonds is 3. The lowest BCUT2D eigenvalue weighted by atomic mass is 10.1. The van der Waals surface area contributed by atoms with Crippen LogP contribution in [-0.4, -0.2) is 29.8 Å². The van der Waals surface area contributed by atoms with Crippen LogP contribution in [0.5, 0.6) is 0 Å². The normalized spacial score (nSPS) is 13.4. The number of halogens is 4. The molecule has 2 aromatic rings. The van der Waals surface area contributed by atoms with Gasteiger partial charge in [0.2, 0.25) is 0 Å². The van der Waals surface area contributed by atoms with Crippen molar-refractivity contribution in [3.63, 3.8) is 0 Å². The predicted octanol–water partition coefficient (Wildman–Crippen LogP) is 2.53. The molecule has 1 aromatic carbocycles. The van der Waals surface area contributed by atoms with Crippen LogP contribution in [0.2, 0.25) is 0 Å². The number of furan rings is 1. The Morgan fingerprint density at radius 2 is 2.10 bits per heavy atom. The molecule has 0 bridgehead atoms. The van der Waals surface area contributed by atoms with E-state index in [0.717, 1.165) is 6.07 Å². The van der Waals surface area contributed by atoms with Gasteiger partial charge in [0.15, 0.2) is 23.3 Å². The number of benzene rings is 1. The summed E-state index contributed by atoms with van der Waals surface area (Å²) in [6.07, 6.45) is -7.51. The van der Waals surface area contributed by atoms with Gasteiger partial charge < -0.3 is 14.8 Å². The number of amides is 1. The van der Waals surface area contributed by atoms with Gasteiger partial charge in [-0.05, 0) is 13.0 Å². The van der Waals surface area contributed by atoms with Crippen LogP contribution < -0.4 is 5.32 Å². The van der Waals surface area contributed by atoms with Crippen molar-refractivity contribution in [3.8, 4) is 0 Å². The van der Waals surface area contributed by atoms with Crippen molar-refractivity contribution in [1.29, 1.82) is 0 Å². The van der Waals surface area contributed by atoms with Crippen LogP contribution in [0.4, 0.5) is 17.6 Å². The molecule has 1 amide bonds. The topological polar surface area (TPSA) is 62.5 Å². The number of hydrogen-bond donors (Lipinski definition) is 2. The summed E-state index contributed by atoms with van der Waals surface area (Å²) in [4.78, 5) is 11.8. The Bertz CT molecular complexity index is 678. The van der Waals surface area contributed by atoms with E-state index in [-0.39, 0.29) is 11.3 Å². The van der Waals surface area contributed by atoms with Crippen molar-refractivity contribution >= 4 is 16.9 Å². The first-order chi connectivity index (χ1) is 9.71. The number of hydrogen-bond acceptors (Lipinski definition) is 3. The van der Waals surface area contributed by atoms with Crippen molar-refractivity contribution < 1.29 is 31.9 Å². The first-order valence-corrected chi connectivity index (χ1v) is 5.92. The molecule has 2 rings (SSSR count). The minimum absolute atomic E-state index is 0.142. The highest BCUT2D eigenvalue weighted by Gasteiger charge is 2.38. The van der Waals surface area contributed by atoms with Gasteiger partial charge in [-0.1, -0.05) is 12.1 Å². The predicted molar refractivity (Wildman–Crippen MR) is 65.3 cm³/mol. The second-order valence-corrected chi connectivity index (χ2v) is 4.44. The maximum atomic E-state index is 13.5. The molecule has 0 spiro atoms. The molecule has 0 saturated carbocycles. The van der Waals surface area contributed by atoms with Crippen LogP contribution in [0.15, 0.2) is 22.6 Å². The van der Waals surface area contributed by atoms with Crippen molar-refractivity contribution in [2.75, 3.05) is 6.54 Å². The fourth-order valence-electron chi connectivity index (χ4n) is 1.81. The smallest absolute Gasteiger partial charge is 0.416 e. The second-order valence-electron chi connectivity index (χ2n) is 4.44. The molecule has 4 nitrogen and oxygen atoms in total. The standard InChI is InChI=1S/C13H11F4NO3/c1-6-7-3-2-4-8(14)11(7)21-10(6)12(20)18-5-9(19)13(15,16)17/h2-4,9,19H,5H2,1H3,(H,18,20). The van der Waals surface area contributed by atoms with E-state index in [4.69, 9.17) is 9.52 Å². The molecule has 0 saturated heterocycles. The van der Waals surface area contributed by atoms with E-state index in [1.54, 1.807) is 0 Å². The van der Waals surface area contributed by atoms with Gasteiger partial charge in [-0.15, -0.1) is 0 Å². The molecule has 8 heteroatoms. The lowest BCUT2D eigenvalue weighted by Gasteiger charge is -2.14. The first kappa shape index (κ1) is 15.3. The lowest BCUT2D eigenvalue weighted by molar-refractivity contribution is -0.201. The van der Waals surface area contributed by atoms with Crippen LogP contribution in [0.1, 0.15) is 16.1 Å². The van der Waals surface area contributed by atoms with E-state index >= 15 is 0 Å². The van der Waals surface area contributed by atoms with Crippen molar-refractivity contribution in [2.45, 2.75) is 19.2 Å². The summed E-state index contributed by atoms with van der Waals surface area (Å²) in [7, 11) is 0. The Hall–Kier alpha value is -2.09. The van der Waals surface area contributed by atoms with Gasteiger partial charge in [-0.3, -0.25) is 4.79 Å². The number of aryl methyl sites for hydroxylation is 1. The van der Waals surface area contributed by atoms with Gasteiger partial charge in [-0.2, -0.15) is 13.2 Å². The van der Waals surface area contributed by atoms with Crippen molar-refractivity contribution in [1.82, 2.24) is 5.32 Å². The van der Waals surface area contributed by atoms with E-state index in [0.29, 0.717) is 10.9 Å². The number of para-hydroxylation sites is 1. The third-order valence-corrected chi connectivity index (χ3v) is 2.96. The van der Waals surface area contributed by atoms with Gasteiger partial charge >= 0.3 is 6.18 Å². The number of carbonyl (C=O) groups excluding carboxylic acids is 1. The Balaban J connectivity index is 2.21. The Labute approximate surface area is 116 Å².